The highest BCUT2D eigenvalue weighted by molar-refractivity contribution is 6.05. The van der Waals surface area contributed by atoms with Crippen LogP contribution in [0.2, 0.25) is 0 Å². The van der Waals surface area contributed by atoms with Crippen molar-refractivity contribution in [2.75, 3.05) is 6.54 Å². The van der Waals surface area contributed by atoms with Crippen LogP contribution in [0.15, 0.2) is 18.2 Å². The van der Waals surface area contributed by atoms with Crippen molar-refractivity contribution in [2.24, 2.45) is 0 Å². The third-order valence-electron chi connectivity index (χ3n) is 6.28. The number of imide groups is 1. The molecular weight excluding hydrogens is 398 g/mol. The molecule has 1 saturated carbocycles. The summed E-state index contributed by atoms with van der Waals surface area (Å²) in [6.07, 6.45) is 4.74. The Hall–Kier alpha value is -2.45. The third kappa shape index (κ3) is 4.91. The first kappa shape index (κ1) is 21.8. The SMILES string of the molecule is CC(C)(O)CN[C@H]1CCCC[C@H]1Oc1ccc2c(c1)CN(C1CCC(=O)NC1=O)C2=O. The summed E-state index contributed by atoms with van der Waals surface area (Å²) in [7, 11) is 0. The summed E-state index contributed by atoms with van der Waals surface area (Å²) in [5, 5.41) is 15.8. The van der Waals surface area contributed by atoms with Gasteiger partial charge in [0.05, 0.1) is 5.60 Å². The number of fused-ring (bicyclic) bond motifs is 1. The van der Waals surface area contributed by atoms with E-state index in [2.05, 4.69) is 10.6 Å². The Morgan fingerprint density at radius 3 is 2.71 bits per heavy atom. The predicted octanol–water partition coefficient (Wildman–Crippen LogP) is 1.50. The van der Waals surface area contributed by atoms with E-state index in [1.165, 1.54) is 0 Å². The average Bonchev–Trinajstić information content (AvgIpc) is 3.02. The third-order valence-corrected chi connectivity index (χ3v) is 6.28. The molecule has 2 heterocycles. The van der Waals surface area contributed by atoms with Gasteiger partial charge in [0, 0.05) is 31.1 Å². The number of rotatable bonds is 6. The summed E-state index contributed by atoms with van der Waals surface area (Å²) < 4.78 is 6.31. The number of benzene rings is 1. The number of ether oxygens (including phenoxy) is 1. The lowest BCUT2D eigenvalue weighted by Gasteiger charge is -2.34. The number of nitrogens with one attached hydrogen (secondary N) is 2. The fourth-order valence-corrected chi connectivity index (χ4v) is 4.65. The second-order valence-corrected chi connectivity index (χ2v) is 9.46. The lowest BCUT2D eigenvalue weighted by molar-refractivity contribution is -0.136. The van der Waals surface area contributed by atoms with Crippen molar-refractivity contribution >= 4 is 17.7 Å². The van der Waals surface area contributed by atoms with Crippen molar-refractivity contribution in [2.45, 2.75) is 82.7 Å². The van der Waals surface area contributed by atoms with Crippen LogP contribution in [0.1, 0.15) is 68.3 Å². The zero-order valence-corrected chi connectivity index (χ0v) is 18.1. The van der Waals surface area contributed by atoms with Gasteiger partial charge in [-0.1, -0.05) is 6.42 Å². The zero-order valence-electron chi connectivity index (χ0n) is 18.1. The molecule has 3 aliphatic rings. The van der Waals surface area contributed by atoms with E-state index < -0.39 is 17.6 Å². The molecule has 1 unspecified atom stereocenters. The smallest absolute Gasteiger partial charge is 0.255 e. The van der Waals surface area contributed by atoms with Gasteiger partial charge in [0.25, 0.3) is 5.91 Å². The van der Waals surface area contributed by atoms with Crippen LogP contribution in [0.4, 0.5) is 0 Å². The van der Waals surface area contributed by atoms with E-state index in [0.29, 0.717) is 30.8 Å². The molecule has 0 spiro atoms. The number of piperidine rings is 1. The van der Waals surface area contributed by atoms with Gasteiger partial charge in [-0.2, -0.15) is 0 Å². The molecule has 31 heavy (non-hydrogen) atoms. The molecule has 0 bridgehead atoms. The van der Waals surface area contributed by atoms with Gasteiger partial charge >= 0.3 is 0 Å². The lowest BCUT2D eigenvalue weighted by atomic mass is 9.91. The highest BCUT2D eigenvalue weighted by atomic mass is 16.5. The summed E-state index contributed by atoms with van der Waals surface area (Å²) in [5.41, 5.74) is 0.636. The molecule has 1 saturated heterocycles. The second kappa shape index (κ2) is 8.59. The van der Waals surface area contributed by atoms with Crippen molar-refractivity contribution in [1.29, 1.82) is 0 Å². The first-order valence-electron chi connectivity index (χ1n) is 11.1. The van der Waals surface area contributed by atoms with Gasteiger partial charge in [0.1, 0.15) is 17.9 Å². The minimum atomic E-state index is -0.782. The Labute approximate surface area is 182 Å². The summed E-state index contributed by atoms with van der Waals surface area (Å²) >= 11 is 0. The zero-order chi connectivity index (χ0) is 22.2. The average molecular weight is 430 g/mol. The van der Waals surface area contributed by atoms with Crippen molar-refractivity contribution in [3.05, 3.63) is 29.3 Å². The number of amides is 3. The molecule has 3 amide bonds. The van der Waals surface area contributed by atoms with Crippen LogP contribution in [0.3, 0.4) is 0 Å². The Morgan fingerprint density at radius 2 is 1.97 bits per heavy atom. The molecule has 3 atom stereocenters. The Balaban J connectivity index is 1.44. The van der Waals surface area contributed by atoms with E-state index in [9.17, 15) is 19.5 Å². The molecule has 3 N–H and O–H groups in total. The largest absolute Gasteiger partial charge is 0.489 e. The number of carbonyl (C=O) groups excluding carboxylic acids is 3. The van der Waals surface area contributed by atoms with Crippen molar-refractivity contribution < 1.29 is 24.2 Å². The highest BCUT2D eigenvalue weighted by Crippen LogP contribution is 2.32. The number of hydrogen-bond donors (Lipinski definition) is 3. The monoisotopic (exact) mass is 429 g/mol. The first-order valence-corrected chi connectivity index (χ1v) is 11.1. The normalized spacial score (nSPS) is 26.6. The number of carbonyl (C=O) groups is 3. The van der Waals surface area contributed by atoms with Crippen molar-refractivity contribution in [3.63, 3.8) is 0 Å². The lowest BCUT2D eigenvalue weighted by Crippen LogP contribution is -2.52. The van der Waals surface area contributed by atoms with E-state index in [-0.39, 0.29) is 30.4 Å². The van der Waals surface area contributed by atoms with Gasteiger partial charge in [-0.15, -0.1) is 0 Å². The van der Waals surface area contributed by atoms with E-state index in [4.69, 9.17) is 4.74 Å². The van der Waals surface area contributed by atoms with Crippen LogP contribution in [0, 0.1) is 0 Å². The summed E-state index contributed by atoms with van der Waals surface area (Å²) in [6, 6.07) is 5.01. The molecule has 8 nitrogen and oxygen atoms in total. The number of nitrogens with zero attached hydrogens (tertiary/aromatic N) is 1. The molecule has 1 aromatic rings. The molecule has 2 aliphatic heterocycles. The van der Waals surface area contributed by atoms with E-state index >= 15 is 0 Å². The van der Waals surface area contributed by atoms with Gasteiger partial charge in [-0.3, -0.25) is 19.7 Å². The van der Waals surface area contributed by atoms with Gasteiger partial charge in [0.15, 0.2) is 0 Å². The van der Waals surface area contributed by atoms with Crippen LogP contribution < -0.4 is 15.4 Å². The molecule has 168 valence electrons. The number of hydrogen-bond acceptors (Lipinski definition) is 6. The van der Waals surface area contributed by atoms with Gasteiger partial charge in [-0.25, -0.2) is 0 Å². The molecule has 1 aromatic carbocycles. The van der Waals surface area contributed by atoms with E-state index in [0.717, 1.165) is 31.2 Å². The summed E-state index contributed by atoms with van der Waals surface area (Å²) in [4.78, 5) is 38.0. The van der Waals surface area contributed by atoms with Crippen LogP contribution in [-0.4, -0.2) is 58.1 Å². The van der Waals surface area contributed by atoms with Gasteiger partial charge in [0.2, 0.25) is 11.8 Å². The molecule has 2 fully saturated rings. The molecule has 8 heteroatoms. The molecular formula is C23H31N3O5. The topological polar surface area (TPSA) is 108 Å². The maximum atomic E-state index is 12.8. The van der Waals surface area contributed by atoms with Crippen molar-refractivity contribution in [3.8, 4) is 5.75 Å². The minimum Gasteiger partial charge on any atom is -0.489 e. The molecule has 0 radical (unpaired) electrons. The Bertz CT molecular complexity index is 878. The molecule has 1 aliphatic carbocycles. The Kier molecular flexibility index (Phi) is 6.03. The van der Waals surface area contributed by atoms with Crippen LogP contribution in [-0.2, 0) is 16.1 Å². The first-order chi connectivity index (χ1) is 14.7. The maximum absolute atomic E-state index is 12.8. The van der Waals surface area contributed by atoms with Crippen molar-refractivity contribution in [1.82, 2.24) is 15.5 Å². The molecule has 0 aromatic heterocycles. The fraction of sp³-hybridized carbons (Fsp3) is 0.609. The van der Waals surface area contributed by atoms with Crippen LogP contribution in [0.5, 0.6) is 5.75 Å². The number of aliphatic hydroxyl groups is 1. The predicted molar refractivity (Wildman–Crippen MR) is 113 cm³/mol. The van der Waals surface area contributed by atoms with E-state index in [1.807, 2.05) is 12.1 Å². The Morgan fingerprint density at radius 1 is 1.19 bits per heavy atom. The van der Waals surface area contributed by atoms with Gasteiger partial charge < -0.3 is 20.1 Å². The summed E-state index contributed by atoms with van der Waals surface area (Å²) in [6.45, 7) is 4.40. The maximum Gasteiger partial charge on any atom is 0.255 e. The summed E-state index contributed by atoms with van der Waals surface area (Å²) in [5.74, 6) is -0.171. The highest BCUT2D eigenvalue weighted by Gasteiger charge is 2.39. The fourth-order valence-electron chi connectivity index (χ4n) is 4.65. The standard InChI is InChI=1S/C23H31N3O5/c1-23(2,30)13-24-17-5-3-4-6-19(17)31-15-7-8-16-14(11-15)12-26(22(16)29)18-9-10-20(27)25-21(18)28/h7-8,11,17-19,24,30H,3-6,9-10,12-13H2,1-2H3,(H,25,27,28)/t17-,18?,19+/m0/s1. The molecule has 4 rings (SSSR count). The minimum absolute atomic E-state index is 0.00232. The van der Waals surface area contributed by atoms with Gasteiger partial charge in [-0.05, 0) is 63.3 Å². The quantitative estimate of drug-likeness (QED) is 0.592. The van der Waals surface area contributed by atoms with E-state index in [1.54, 1.807) is 24.8 Å². The second-order valence-electron chi connectivity index (χ2n) is 9.46. The van der Waals surface area contributed by atoms with Crippen LogP contribution >= 0.6 is 0 Å². The van der Waals surface area contributed by atoms with Crippen LogP contribution in [0.25, 0.3) is 0 Å².